The Balaban J connectivity index is 1.39. The number of amides is 2. The van der Waals surface area contributed by atoms with Gasteiger partial charge < -0.3 is 10.2 Å². The van der Waals surface area contributed by atoms with Gasteiger partial charge in [0.05, 0.1) is 5.70 Å². The summed E-state index contributed by atoms with van der Waals surface area (Å²) in [5, 5.41) is 3.08. The van der Waals surface area contributed by atoms with Crippen LogP contribution in [0.5, 0.6) is 0 Å². The van der Waals surface area contributed by atoms with Crippen molar-refractivity contribution in [2.24, 2.45) is 0 Å². The number of nitrogens with zero attached hydrogens (tertiary/aromatic N) is 1. The maximum atomic E-state index is 12.8. The molecule has 2 heterocycles. The van der Waals surface area contributed by atoms with Crippen molar-refractivity contribution in [2.45, 2.75) is 58.0 Å². The molecule has 2 N–H and O–H groups in total. The maximum Gasteiger partial charge on any atom is 0.321 e. The minimum atomic E-state index is -0.351. The number of carbonyl (C=O) groups excluding carboxylic acids is 1. The fourth-order valence-electron chi connectivity index (χ4n) is 4.25. The Morgan fingerprint density at radius 3 is 2.42 bits per heavy atom. The van der Waals surface area contributed by atoms with Crippen LogP contribution in [0.25, 0.3) is 5.70 Å². The largest absolute Gasteiger partial charge is 0.324 e. The lowest BCUT2D eigenvalue weighted by atomic mass is 9.86. The number of anilines is 1. The summed E-state index contributed by atoms with van der Waals surface area (Å²) in [7, 11) is 0. The van der Waals surface area contributed by atoms with Crippen molar-refractivity contribution < 1.29 is 9.63 Å². The molecule has 0 bridgehead atoms. The third kappa shape index (κ3) is 4.62. The molecule has 0 radical (unpaired) electrons. The molecule has 5 heteroatoms. The van der Waals surface area contributed by atoms with E-state index in [4.69, 9.17) is 4.84 Å². The Labute approximate surface area is 185 Å². The Kier molecular flexibility index (Phi) is 5.80. The molecule has 0 saturated carbocycles. The van der Waals surface area contributed by atoms with Gasteiger partial charge in [0.1, 0.15) is 5.60 Å². The average molecular weight is 420 g/mol. The van der Waals surface area contributed by atoms with E-state index in [9.17, 15) is 4.79 Å². The molecule has 2 amide bonds. The first-order chi connectivity index (χ1) is 14.8. The second kappa shape index (κ2) is 8.39. The number of nitrogens with one attached hydrogen (secondary N) is 2. The van der Waals surface area contributed by atoms with E-state index in [2.05, 4.69) is 74.9 Å². The molecule has 31 heavy (non-hydrogen) atoms. The molecule has 0 aliphatic carbocycles. The lowest BCUT2D eigenvalue weighted by Crippen LogP contribution is -2.48. The quantitative estimate of drug-likeness (QED) is 0.692. The van der Waals surface area contributed by atoms with Gasteiger partial charge in [-0.3, -0.25) is 10.3 Å². The smallest absolute Gasteiger partial charge is 0.321 e. The van der Waals surface area contributed by atoms with E-state index in [0.29, 0.717) is 13.1 Å². The molecule has 4 rings (SSSR count). The first-order valence-corrected chi connectivity index (χ1v) is 11.2. The van der Waals surface area contributed by atoms with Gasteiger partial charge in [-0.05, 0) is 40.7 Å². The molecular formula is C26H33N3O2. The number of benzene rings is 2. The van der Waals surface area contributed by atoms with Crippen molar-refractivity contribution in [3.63, 3.8) is 0 Å². The van der Waals surface area contributed by atoms with Crippen LogP contribution in [0, 0.1) is 0 Å². The number of rotatable bonds is 3. The van der Waals surface area contributed by atoms with E-state index < -0.39 is 0 Å². The van der Waals surface area contributed by atoms with Gasteiger partial charge in [-0.15, -0.1) is 0 Å². The number of urea groups is 1. The second-order valence-corrected chi connectivity index (χ2v) is 9.58. The summed E-state index contributed by atoms with van der Waals surface area (Å²) in [5.74, 6) is 0. The van der Waals surface area contributed by atoms with Crippen LogP contribution in [-0.4, -0.2) is 29.6 Å². The van der Waals surface area contributed by atoms with Crippen LogP contribution in [-0.2, 0) is 16.7 Å². The van der Waals surface area contributed by atoms with E-state index in [1.807, 2.05) is 23.1 Å². The molecule has 2 aromatic carbocycles. The highest BCUT2D eigenvalue weighted by molar-refractivity contribution is 5.90. The summed E-state index contributed by atoms with van der Waals surface area (Å²) < 4.78 is 0. The van der Waals surface area contributed by atoms with Gasteiger partial charge in [-0.2, -0.15) is 0 Å². The number of likely N-dealkylation sites (tertiary alicyclic amines) is 1. The third-order valence-electron chi connectivity index (χ3n) is 6.37. The fourth-order valence-corrected chi connectivity index (χ4v) is 4.25. The summed E-state index contributed by atoms with van der Waals surface area (Å²) >= 11 is 0. The van der Waals surface area contributed by atoms with Gasteiger partial charge in [0, 0.05) is 31.6 Å². The molecule has 2 aliphatic heterocycles. The standard InChI is InChI=1S/C26H33N3O2/c1-5-19-8-6-7-9-22(19)27-24(30)29-16-14-26(15-17-29)18-23(28-31-26)20-10-12-21(13-11-20)25(2,3)4/h6-13,18,28H,5,14-17H2,1-4H3,(H,27,30). The predicted octanol–water partition coefficient (Wildman–Crippen LogP) is 5.49. The summed E-state index contributed by atoms with van der Waals surface area (Å²) in [6.45, 7) is 10.1. The molecule has 0 unspecified atom stereocenters. The Morgan fingerprint density at radius 2 is 1.77 bits per heavy atom. The minimum Gasteiger partial charge on any atom is -0.324 e. The summed E-state index contributed by atoms with van der Waals surface area (Å²) in [6.07, 6.45) is 4.63. The molecule has 1 saturated heterocycles. The van der Waals surface area contributed by atoms with E-state index in [-0.39, 0.29) is 17.0 Å². The van der Waals surface area contributed by atoms with Crippen LogP contribution in [0.4, 0.5) is 10.5 Å². The van der Waals surface area contributed by atoms with E-state index in [1.54, 1.807) is 0 Å². The monoisotopic (exact) mass is 419 g/mol. The van der Waals surface area contributed by atoms with Gasteiger partial charge in [0.2, 0.25) is 0 Å². The summed E-state index contributed by atoms with van der Waals surface area (Å²) in [5.41, 5.74) is 8.42. The normalized spacial score (nSPS) is 17.9. The van der Waals surface area contributed by atoms with Crippen LogP contribution in [0.1, 0.15) is 57.2 Å². The molecule has 2 aliphatic rings. The molecule has 164 valence electrons. The van der Waals surface area contributed by atoms with Crippen molar-refractivity contribution in [1.29, 1.82) is 0 Å². The van der Waals surface area contributed by atoms with Gasteiger partial charge in [-0.1, -0.05) is 70.2 Å². The third-order valence-corrected chi connectivity index (χ3v) is 6.37. The highest BCUT2D eigenvalue weighted by atomic mass is 16.7. The number of hydrogen-bond acceptors (Lipinski definition) is 3. The van der Waals surface area contributed by atoms with E-state index in [0.717, 1.165) is 41.8 Å². The maximum absolute atomic E-state index is 12.8. The molecule has 5 nitrogen and oxygen atoms in total. The molecule has 1 fully saturated rings. The van der Waals surface area contributed by atoms with Gasteiger partial charge in [0.15, 0.2) is 0 Å². The highest BCUT2D eigenvalue weighted by Gasteiger charge is 2.40. The van der Waals surface area contributed by atoms with Crippen LogP contribution < -0.4 is 10.8 Å². The second-order valence-electron chi connectivity index (χ2n) is 9.58. The van der Waals surface area contributed by atoms with Crippen LogP contribution in [0.15, 0.2) is 54.6 Å². The van der Waals surface area contributed by atoms with Crippen LogP contribution in [0.2, 0.25) is 0 Å². The van der Waals surface area contributed by atoms with E-state index in [1.165, 1.54) is 5.56 Å². The highest BCUT2D eigenvalue weighted by Crippen LogP contribution is 2.35. The van der Waals surface area contributed by atoms with Crippen LogP contribution >= 0.6 is 0 Å². The SMILES string of the molecule is CCc1ccccc1NC(=O)N1CCC2(C=C(c3ccc(C(C)(C)C)cc3)NO2)CC1. The first-order valence-electron chi connectivity index (χ1n) is 11.2. The first kappa shape index (κ1) is 21.4. The molecule has 1 spiro atoms. The van der Waals surface area contributed by atoms with Crippen molar-refractivity contribution in [1.82, 2.24) is 10.4 Å². The number of aryl methyl sites for hydroxylation is 1. The number of hydrogen-bond donors (Lipinski definition) is 2. The molecular weight excluding hydrogens is 386 g/mol. The molecule has 2 aromatic rings. The lowest BCUT2D eigenvalue weighted by Gasteiger charge is -2.36. The predicted molar refractivity (Wildman–Crippen MR) is 126 cm³/mol. The number of para-hydroxylation sites is 1. The van der Waals surface area contributed by atoms with Gasteiger partial charge in [0.25, 0.3) is 0 Å². The van der Waals surface area contributed by atoms with Crippen molar-refractivity contribution in [2.75, 3.05) is 18.4 Å². The number of hydroxylamine groups is 1. The van der Waals surface area contributed by atoms with Gasteiger partial charge in [-0.25, -0.2) is 4.79 Å². The zero-order valence-corrected chi connectivity index (χ0v) is 19.0. The topological polar surface area (TPSA) is 53.6 Å². The fraction of sp³-hybridized carbons (Fsp3) is 0.423. The minimum absolute atomic E-state index is 0.0383. The lowest BCUT2D eigenvalue weighted by molar-refractivity contribution is -0.0634. The Hall–Kier alpha value is -2.79. The van der Waals surface area contributed by atoms with Crippen molar-refractivity contribution >= 4 is 17.4 Å². The number of piperidine rings is 1. The number of carbonyl (C=O) groups is 1. The van der Waals surface area contributed by atoms with E-state index >= 15 is 0 Å². The zero-order valence-electron chi connectivity index (χ0n) is 19.0. The zero-order chi connectivity index (χ0) is 22.1. The summed E-state index contributed by atoms with van der Waals surface area (Å²) in [4.78, 5) is 20.7. The Morgan fingerprint density at radius 1 is 1.10 bits per heavy atom. The van der Waals surface area contributed by atoms with Crippen molar-refractivity contribution in [3.05, 3.63) is 71.3 Å². The molecule has 0 atom stereocenters. The molecule has 0 aromatic heterocycles. The van der Waals surface area contributed by atoms with Gasteiger partial charge >= 0.3 is 6.03 Å². The average Bonchev–Trinajstić information content (AvgIpc) is 3.17. The Bertz CT molecular complexity index is 965. The summed E-state index contributed by atoms with van der Waals surface area (Å²) in [6, 6.07) is 16.6. The van der Waals surface area contributed by atoms with Crippen LogP contribution in [0.3, 0.4) is 0 Å². The van der Waals surface area contributed by atoms with Crippen molar-refractivity contribution in [3.8, 4) is 0 Å².